The first-order valence-corrected chi connectivity index (χ1v) is 15.6. The third-order valence-electron chi connectivity index (χ3n) is 9.00. The summed E-state index contributed by atoms with van der Waals surface area (Å²) in [5.74, 6) is -1.43. The number of ether oxygens (including phenoxy) is 2. The first kappa shape index (κ1) is 29.3. The Labute approximate surface area is 259 Å². The number of nitrogens with two attached hydrogens (primary N) is 1. The summed E-state index contributed by atoms with van der Waals surface area (Å²) in [4.78, 5) is 11.0. The number of halogens is 4. The predicted octanol–water partition coefficient (Wildman–Crippen LogP) is 4.95. The molecule has 5 heterocycles. The minimum Gasteiger partial charge on any atom is -0.472 e. The monoisotopic (exact) mass is 644 g/mol. The Balaban J connectivity index is 1.37. The number of nitriles is 1. The molecule has 2 aromatic carbocycles. The summed E-state index contributed by atoms with van der Waals surface area (Å²) in [5.41, 5.74) is 5.47. The van der Waals surface area contributed by atoms with Crippen LogP contribution in [0.3, 0.4) is 0 Å². The molecule has 7 rings (SSSR count). The summed E-state index contributed by atoms with van der Waals surface area (Å²) in [5, 5.41) is 23.2. The number of aromatic nitrogens is 2. The van der Waals surface area contributed by atoms with Crippen molar-refractivity contribution >= 4 is 48.9 Å². The molecule has 9 nitrogen and oxygen atoms in total. The number of alkyl halides is 1. The average molecular weight is 645 g/mol. The normalized spacial score (nSPS) is 25.1. The quantitative estimate of drug-likeness (QED) is 0.256. The molecule has 4 aromatic rings. The summed E-state index contributed by atoms with van der Waals surface area (Å²) >= 11 is 7.61. The summed E-state index contributed by atoms with van der Waals surface area (Å²) < 4.78 is 58.3. The van der Waals surface area contributed by atoms with Crippen LogP contribution in [-0.4, -0.2) is 76.7 Å². The van der Waals surface area contributed by atoms with Gasteiger partial charge in [-0.25, -0.2) is 13.2 Å². The summed E-state index contributed by atoms with van der Waals surface area (Å²) in [6, 6.07) is 5.46. The highest BCUT2D eigenvalue weighted by molar-refractivity contribution is 7.23. The third kappa shape index (κ3) is 4.71. The lowest BCUT2D eigenvalue weighted by Crippen LogP contribution is -2.43. The van der Waals surface area contributed by atoms with Crippen LogP contribution in [0.4, 0.5) is 18.2 Å². The van der Waals surface area contributed by atoms with Crippen LogP contribution in [0.2, 0.25) is 5.02 Å². The van der Waals surface area contributed by atoms with Crippen molar-refractivity contribution in [2.24, 2.45) is 0 Å². The van der Waals surface area contributed by atoms with Gasteiger partial charge in [0.1, 0.15) is 41.3 Å². The number of fused-ring (bicyclic) bond motifs is 3. The minimum absolute atomic E-state index is 0.0156. The number of anilines is 1. The largest absolute Gasteiger partial charge is 0.472 e. The van der Waals surface area contributed by atoms with E-state index >= 15 is 4.39 Å². The van der Waals surface area contributed by atoms with Crippen molar-refractivity contribution in [3.8, 4) is 29.1 Å². The van der Waals surface area contributed by atoms with Crippen molar-refractivity contribution < 1.29 is 27.8 Å². The molecule has 230 valence electrons. The fourth-order valence-electron chi connectivity index (χ4n) is 6.92. The van der Waals surface area contributed by atoms with Crippen LogP contribution >= 0.6 is 22.9 Å². The molecule has 3 aliphatic heterocycles. The maximum absolute atomic E-state index is 16.7. The highest BCUT2D eigenvalue weighted by atomic mass is 35.5. The molecule has 0 radical (unpaired) electrons. The van der Waals surface area contributed by atoms with Crippen LogP contribution in [-0.2, 0) is 0 Å². The number of hydrogen-bond acceptors (Lipinski definition) is 10. The molecule has 3 aliphatic rings. The minimum atomic E-state index is -0.959. The highest BCUT2D eigenvalue weighted by Gasteiger charge is 2.49. The van der Waals surface area contributed by atoms with Gasteiger partial charge in [0.05, 0.1) is 38.9 Å². The second kappa shape index (κ2) is 11.2. The average Bonchev–Trinajstić information content (AvgIpc) is 3.75. The molecule has 4 N–H and O–H groups in total. The fourth-order valence-corrected chi connectivity index (χ4v) is 8.16. The fraction of sp³-hybridized carbons (Fsp3) is 0.433. The molecule has 3 saturated heterocycles. The molecule has 0 saturated carbocycles. The van der Waals surface area contributed by atoms with Crippen LogP contribution in [0.1, 0.15) is 31.2 Å². The predicted molar refractivity (Wildman–Crippen MR) is 161 cm³/mol. The lowest BCUT2D eigenvalue weighted by molar-refractivity contribution is 0.104. The number of nitrogens with zero attached hydrogens (tertiary/aromatic N) is 4. The third-order valence-corrected chi connectivity index (χ3v) is 10.3. The lowest BCUT2D eigenvalue weighted by Gasteiger charge is -2.30. The Kier molecular flexibility index (Phi) is 7.45. The molecular formula is C30H28ClF3N6O3S. The van der Waals surface area contributed by atoms with Gasteiger partial charge in [-0.1, -0.05) is 17.7 Å². The Morgan fingerprint density at radius 3 is 2.95 bits per heavy atom. The zero-order chi connectivity index (χ0) is 30.7. The van der Waals surface area contributed by atoms with Crippen molar-refractivity contribution in [2.45, 2.75) is 49.5 Å². The molecule has 0 spiro atoms. The smallest absolute Gasteiger partial charge is 0.320 e. The van der Waals surface area contributed by atoms with Crippen LogP contribution in [0.5, 0.6) is 11.9 Å². The van der Waals surface area contributed by atoms with Gasteiger partial charge in [-0.3, -0.25) is 4.90 Å². The first-order chi connectivity index (χ1) is 21.2. The van der Waals surface area contributed by atoms with Crippen LogP contribution in [0.25, 0.3) is 32.1 Å². The molecule has 2 aromatic heterocycles. The Morgan fingerprint density at radius 2 is 2.16 bits per heavy atom. The van der Waals surface area contributed by atoms with Gasteiger partial charge in [0.2, 0.25) is 5.88 Å². The summed E-state index contributed by atoms with van der Waals surface area (Å²) in [6.45, 7) is 1.66. The lowest BCUT2D eigenvalue weighted by atomic mass is 9.95. The van der Waals surface area contributed by atoms with E-state index in [1.54, 1.807) is 0 Å². The van der Waals surface area contributed by atoms with E-state index < -0.39 is 29.4 Å². The number of aliphatic hydroxyl groups excluding tert-OH is 1. The Morgan fingerprint density at radius 1 is 1.32 bits per heavy atom. The zero-order valence-electron chi connectivity index (χ0n) is 23.4. The number of aliphatic hydroxyl groups is 1. The van der Waals surface area contributed by atoms with E-state index in [4.69, 9.17) is 26.8 Å². The van der Waals surface area contributed by atoms with Gasteiger partial charge in [-0.05, 0) is 50.0 Å². The van der Waals surface area contributed by atoms with Crippen molar-refractivity contribution in [3.63, 3.8) is 0 Å². The van der Waals surface area contributed by atoms with Crippen LogP contribution in [0.15, 0.2) is 18.2 Å². The molecule has 14 heteroatoms. The van der Waals surface area contributed by atoms with Gasteiger partial charge in [0.15, 0.2) is 5.82 Å². The number of thiophene rings is 1. The van der Waals surface area contributed by atoms with E-state index in [-0.39, 0.29) is 78.8 Å². The molecule has 0 unspecified atom stereocenters. The number of nitrogen functional groups attached to an aromatic ring is 1. The maximum Gasteiger partial charge on any atom is 0.320 e. The number of benzene rings is 2. The summed E-state index contributed by atoms with van der Waals surface area (Å²) in [7, 11) is 0. The standard InChI is InChI=1S/C30H28ClF3N6O3S/c31-18-8-16-25(24(34)23(18)15-2-3-19(33)26-22(15)17(10-35)27(36)44-26)38-29(39-28(16)43-21-4-6-37-20(21)12-41)42-13-30-5-1-7-40(30)11-14(32)9-30/h2-3,8,14,20-21,37,41H,1,4-7,9,11-13,36H2/t14-,20-,21+,30+/m1/s1. The second-order valence-corrected chi connectivity index (χ2v) is 13.0. The SMILES string of the molecule is N#Cc1c(N)sc2c(F)ccc(-c3c(Cl)cc4c(O[C@H]5CCN[C@@H]5CO)nc(OC[C@@]56CCCN5C[C@H](F)C6)nc4c3F)c12. The number of nitrogens with one attached hydrogen (secondary N) is 1. The van der Waals surface area contributed by atoms with Gasteiger partial charge < -0.3 is 25.6 Å². The second-order valence-electron chi connectivity index (χ2n) is 11.6. The van der Waals surface area contributed by atoms with Gasteiger partial charge in [0.25, 0.3) is 0 Å². The van der Waals surface area contributed by atoms with E-state index in [2.05, 4.69) is 20.2 Å². The van der Waals surface area contributed by atoms with Gasteiger partial charge in [0, 0.05) is 23.9 Å². The Bertz CT molecular complexity index is 1840. The van der Waals surface area contributed by atoms with Crippen LogP contribution < -0.4 is 20.5 Å². The van der Waals surface area contributed by atoms with E-state index in [9.17, 15) is 19.1 Å². The van der Waals surface area contributed by atoms with Crippen molar-refractivity contribution in [1.82, 2.24) is 20.2 Å². The van der Waals surface area contributed by atoms with Gasteiger partial charge in [-0.2, -0.15) is 15.2 Å². The van der Waals surface area contributed by atoms with E-state index in [0.717, 1.165) is 30.7 Å². The summed E-state index contributed by atoms with van der Waals surface area (Å²) in [6.07, 6.45) is 1.15. The van der Waals surface area contributed by atoms with Gasteiger partial charge >= 0.3 is 6.01 Å². The van der Waals surface area contributed by atoms with E-state index in [0.29, 0.717) is 25.9 Å². The number of rotatable bonds is 7. The zero-order valence-corrected chi connectivity index (χ0v) is 25.0. The molecule has 44 heavy (non-hydrogen) atoms. The molecule has 4 atom stereocenters. The maximum atomic E-state index is 16.7. The van der Waals surface area contributed by atoms with Crippen molar-refractivity contribution in [2.75, 3.05) is 38.6 Å². The van der Waals surface area contributed by atoms with Crippen molar-refractivity contribution in [1.29, 1.82) is 5.26 Å². The molecule has 3 fully saturated rings. The molecule has 0 aliphatic carbocycles. The van der Waals surface area contributed by atoms with Gasteiger partial charge in [-0.15, -0.1) is 11.3 Å². The molecule has 0 bridgehead atoms. The topological polar surface area (TPSA) is 130 Å². The van der Waals surface area contributed by atoms with E-state index in [1.807, 2.05) is 6.07 Å². The van der Waals surface area contributed by atoms with E-state index in [1.165, 1.54) is 18.2 Å². The Hall–Kier alpha value is -3.41. The molecular weight excluding hydrogens is 617 g/mol. The van der Waals surface area contributed by atoms with Crippen LogP contribution in [0, 0.1) is 23.0 Å². The van der Waals surface area contributed by atoms with Crippen molar-refractivity contribution in [3.05, 3.63) is 40.4 Å². The molecule has 0 amide bonds. The first-order valence-electron chi connectivity index (χ1n) is 14.4. The number of hydrogen-bond donors (Lipinski definition) is 3. The highest BCUT2D eigenvalue weighted by Crippen LogP contribution is 2.46.